The van der Waals surface area contributed by atoms with E-state index in [1.807, 2.05) is 6.20 Å². The van der Waals surface area contributed by atoms with Gasteiger partial charge in [0, 0.05) is 18.8 Å². The molecule has 0 amide bonds. The predicted octanol–water partition coefficient (Wildman–Crippen LogP) is 3.18. The van der Waals surface area contributed by atoms with Crippen LogP contribution in [0.2, 0.25) is 0 Å². The van der Waals surface area contributed by atoms with E-state index in [1.54, 1.807) is 0 Å². The Morgan fingerprint density at radius 1 is 1.24 bits per heavy atom. The lowest BCUT2D eigenvalue weighted by Crippen LogP contribution is -2.40. The van der Waals surface area contributed by atoms with Crippen molar-refractivity contribution in [2.75, 3.05) is 17.2 Å². The summed E-state index contributed by atoms with van der Waals surface area (Å²) in [4.78, 5) is 4.49. The molecular formula is C14H21N3. The van der Waals surface area contributed by atoms with Gasteiger partial charge in [-0.25, -0.2) is 4.98 Å². The average Bonchev–Trinajstić information content (AvgIpc) is 2.39. The van der Waals surface area contributed by atoms with E-state index < -0.39 is 0 Å². The van der Waals surface area contributed by atoms with Crippen LogP contribution in [0.1, 0.15) is 37.7 Å². The van der Waals surface area contributed by atoms with Gasteiger partial charge in [0.2, 0.25) is 0 Å². The van der Waals surface area contributed by atoms with Gasteiger partial charge in [0.25, 0.3) is 0 Å². The third kappa shape index (κ3) is 2.24. The van der Waals surface area contributed by atoms with Crippen molar-refractivity contribution in [3.8, 4) is 0 Å². The first-order chi connectivity index (χ1) is 8.33. The molecule has 3 heteroatoms. The molecule has 1 unspecified atom stereocenters. The van der Waals surface area contributed by atoms with Gasteiger partial charge in [0.15, 0.2) is 0 Å². The number of nitrogens with one attached hydrogen (secondary N) is 2. The maximum absolute atomic E-state index is 4.49. The minimum atomic E-state index is 0.568. The molecule has 0 aromatic carbocycles. The Bertz CT molecular complexity index is 396. The zero-order valence-electron chi connectivity index (χ0n) is 10.5. The average molecular weight is 231 g/mol. The fourth-order valence-electron chi connectivity index (χ4n) is 3.09. The molecule has 2 N–H and O–H groups in total. The minimum Gasteiger partial charge on any atom is -0.380 e. The van der Waals surface area contributed by atoms with Crippen molar-refractivity contribution in [1.82, 2.24) is 4.98 Å². The number of aryl methyl sites for hydroxylation is 1. The Hall–Kier alpha value is -1.25. The predicted molar refractivity (Wildman–Crippen MR) is 71.4 cm³/mol. The SMILES string of the molecule is Cc1cnc2c(c1)NCC(C1CCCCC1)N2. The van der Waals surface area contributed by atoms with Crippen molar-refractivity contribution in [3.05, 3.63) is 17.8 Å². The first-order valence-corrected chi connectivity index (χ1v) is 6.80. The molecule has 1 saturated carbocycles. The van der Waals surface area contributed by atoms with E-state index in [0.717, 1.165) is 24.0 Å². The highest BCUT2D eigenvalue weighted by Gasteiger charge is 2.27. The lowest BCUT2D eigenvalue weighted by molar-refractivity contribution is 0.321. The summed E-state index contributed by atoms with van der Waals surface area (Å²) < 4.78 is 0. The molecule has 0 bridgehead atoms. The summed E-state index contributed by atoms with van der Waals surface area (Å²) in [5.74, 6) is 1.87. The maximum Gasteiger partial charge on any atom is 0.149 e. The van der Waals surface area contributed by atoms with Crippen LogP contribution in [0.4, 0.5) is 11.5 Å². The molecule has 1 aliphatic carbocycles. The molecule has 0 spiro atoms. The van der Waals surface area contributed by atoms with Crippen molar-refractivity contribution < 1.29 is 0 Å². The highest BCUT2D eigenvalue weighted by molar-refractivity contribution is 5.67. The summed E-state index contributed by atoms with van der Waals surface area (Å²) in [6.07, 6.45) is 8.91. The van der Waals surface area contributed by atoms with E-state index in [-0.39, 0.29) is 0 Å². The normalized spacial score (nSPS) is 24.6. The Labute approximate surface area is 103 Å². The van der Waals surface area contributed by atoms with Crippen molar-refractivity contribution in [2.45, 2.75) is 45.1 Å². The number of aromatic nitrogens is 1. The Balaban J connectivity index is 1.73. The number of nitrogens with zero attached hydrogens (tertiary/aromatic N) is 1. The van der Waals surface area contributed by atoms with E-state index >= 15 is 0 Å². The summed E-state index contributed by atoms with van der Waals surface area (Å²) in [6.45, 7) is 3.13. The van der Waals surface area contributed by atoms with E-state index in [1.165, 1.54) is 37.7 Å². The zero-order chi connectivity index (χ0) is 11.7. The minimum absolute atomic E-state index is 0.568. The van der Waals surface area contributed by atoms with Crippen molar-refractivity contribution in [3.63, 3.8) is 0 Å². The Kier molecular flexibility index (Phi) is 2.91. The molecule has 0 radical (unpaired) electrons. The van der Waals surface area contributed by atoms with Crippen LogP contribution < -0.4 is 10.6 Å². The van der Waals surface area contributed by atoms with Crippen LogP contribution in [-0.2, 0) is 0 Å². The lowest BCUT2D eigenvalue weighted by Gasteiger charge is -2.35. The zero-order valence-corrected chi connectivity index (χ0v) is 10.5. The van der Waals surface area contributed by atoms with Crippen LogP contribution in [0.5, 0.6) is 0 Å². The fourth-order valence-corrected chi connectivity index (χ4v) is 3.09. The van der Waals surface area contributed by atoms with Crippen LogP contribution in [0.25, 0.3) is 0 Å². The number of pyridine rings is 1. The van der Waals surface area contributed by atoms with Crippen LogP contribution in [-0.4, -0.2) is 17.6 Å². The number of anilines is 2. The second kappa shape index (κ2) is 4.55. The molecule has 1 atom stereocenters. The van der Waals surface area contributed by atoms with Crippen molar-refractivity contribution >= 4 is 11.5 Å². The summed E-state index contributed by atoms with van der Waals surface area (Å²) in [5.41, 5.74) is 2.38. The molecule has 0 saturated heterocycles. The number of fused-ring (bicyclic) bond motifs is 1. The van der Waals surface area contributed by atoms with Crippen LogP contribution >= 0.6 is 0 Å². The van der Waals surface area contributed by atoms with E-state index in [0.29, 0.717) is 6.04 Å². The van der Waals surface area contributed by atoms with Gasteiger partial charge >= 0.3 is 0 Å². The standard InChI is InChI=1S/C14H21N3/c1-10-7-12-14(16-8-10)17-13(9-15-12)11-5-3-2-4-6-11/h7-8,11,13,15H,2-6,9H2,1H3,(H,16,17). The monoisotopic (exact) mass is 231 g/mol. The van der Waals surface area contributed by atoms with Gasteiger partial charge in [-0.05, 0) is 37.3 Å². The van der Waals surface area contributed by atoms with Gasteiger partial charge in [-0.15, -0.1) is 0 Å². The van der Waals surface area contributed by atoms with Crippen molar-refractivity contribution in [1.29, 1.82) is 0 Å². The highest BCUT2D eigenvalue weighted by atomic mass is 15.1. The maximum atomic E-state index is 4.49. The molecule has 92 valence electrons. The quantitative estimate of drug-likeness (QED) is 0.779. The first kappa shape index (κ1) is 10.9. The second-order valence-electron chi connectivity index (χ2n) is 5.44. The first-order valence-electron chi connectivity index (χ1n) is 6.80. The van der Waals surface area contributed by atoms with Crippen LogP contribution in [0, 0.1) is 12.8 Å². The molecule has 1 aromatic heterocycles. The number of hydrogen-bond acceptors (Lipinski definition) is 3. The van der Waals surface area contributed by atoms with E-state index in [4.69, 9.17) is 0 Å². The van der Waals surface area contributed by atoms with Gasteiger partial charge in [-0.2, -0.15) is 0 Å². The highest BCUT2D eigenvalue weighted by Crippen LogP contribution is 2.32. The lowest BCUT2D eigenvalue weighted by atomic mass is 9.83. The summed E-state index contributed by atoms with van der Waals surface area (Å²) in [7, 11) is 0. The van der Waals surface area contributed by atoms with Gasteiger partial charge < -0.3 is 10.6 Å². The molecule has 3 rings (SSSR count). The Morgan fingerprint density at radius 2 is 2.06 bits per heavy atom. The number of rotatable bonds is 1. The molecule has 3 nitrogen and oxygen atoms in total. The van der Waals surface area contributed by atoms with E-state index in [9.17, 15) is 0 Å². The second-order valence-corrected chi connectivity index (χ2v) is 5.44. The van der Waals surface area contributed by atoms with Gasteiger partial charge in [0.1, 0.15) is 5.82 Å². The molecule has 1 aliphatic heterocycles. The topological polar surface area (TPSA) is 37.0 Å². The molecule has 2 heterocycles. The van der Waals surface area contributed by atoms with Gasteiger partial charge in [0.05, 0.1) is 5.69 Å². The fraction of sp³-hybridized carbons (Fsp3) is 0.643. The number of hydrogen-bond donors (Lipinski definition) is 2. The largest absolute Gasteiger partial charge is 0.380 e. The summed E-state index contributed by atoms with van der Waals surface area (Å²) in [6, 6.07) is 2.74. The van der Waals surface area contributed by atoms with Crippen molar-refractivity contribution in [2.24, 2.45) is 5.92 Å². The third-order valence-corrected chi connectivity index (χ3v) is 4.08. The summed E-state index contributed by atoms with van der Waals surface area (Å²) in [5, 5.41) is 7.15. The van der Waals surface area contributed by atoms with Crippen LogP contribution in [0.15, 0.2) is 12.3 Å². The molecule has 17 heavy (non-hydrogen) atoms. The van der Waals surface area contributed by atoms with Crippen LogP contribution in [0.3, 0.4) is 0 Å². The van der Waals surface area contributed by atoms with E-state index in [2.05, 4.69) is 28.6 Å². The van der Waals surface area contributed by atoms with Gasteiger partial charge in [-0.3, -0.25) is 0 Å². The smallest absolute Gasteiger partial charge is 0.149 e. The van der Waals surface area contributed by atoms with Gasteiger partial charge in [-0.1, -0.05) is 19.3 Å². The molecule has 1 fully saturated rings. The summed E-state index contributed by atoms with van der Waals surface area (Å²) >= 11 is 0. The third-order valence-electron chi connectivity index (χ3n) is 4.08. The molecule has 2 aliphatic rings. The molecule has 1 aromatic rings. The Morgan fingerprint density at radius 3 is 2.88 bits per heavy atom. The molecular weight excluding hydrogens is 210 g/mol.